The molecule has 0 spiro atoms. The van der Waals surface area contributed by atoms with Crippen LogP contribution in [-0.2, 0) is 19.5 Å². The van der Waals surface area contributed by atoms with E-state index in [1.54, 1.807) is 6.07 Å². The molecule has 0 aliphatic carbocycles. The minimum Gasteiger partial charge on any atom is -0.329 e. The van der Waals surface area contributed by atoms with Gasteiger partial charge in [0.25, 0.3) is 0 Å². The van der Waals surface area contributed by atoms with Gasteiger partial charge in [0.2, 0.25) is 5.56 Å². The molecule has 1 saturated heterocycles. The number of para-hydroxylation sites is 2. The second-order valence-electron chi connectivity index (χ2n) is 7.40. The molecular weight excluding hydrogens is 336 g/mol. The van der Waals surface area contributed by atoms with Gasteiger partial charge in [-0.15, -0.1) is 6.58 Å². The van der Waals surface area contributed by atoms with Crippen LogP contribution in [0.3, 0.4) is 0 Å². The Hall–Kier alpha value is -2.66. The molecule has 0 amide bonds. The van der Waals surface area contributed by atoms with Crippen LogP contribution in [0.15, 0.2) is 60.0 Å². The molecule has 0 radical (unpaired) electrons. The number of piperidine rings is 1. The number of benzene rings is 1. The van der Waals surface area contributed by atoms with Crippen LogP contribution < -0.4 is 5.56 Å². The highest BCUT2D eigenvalue weighted by Gasteiger charge is 2.21. The third-order valence-corrected chi connectivity index (χ3v) is 5.49. The highest BCUT2D eigenvalue weighted by atomic mass is 16.1. The molecular formula is C22H26N4O. The number of H-pyrrole nitrogens is 1. The smallest absolute Gasteiger partial charge is 0.247 e. The number of hydrogen-bond donors (Lipinski definition) is 1. The fourth-order valence-corrected chi connectivity index (χ4v) is 4.03. The summed E-state index contributed by atoms with van der Waals surface area (Å²) in [7, 11) is 0. The lowest BCUT2D eigenvalue weighted by Crippen LogP contribution is -2.34. The maximum absolute atomic E-state index is 11.2. The molecule has 3 aromatic rings. The van der Waals surface area contributed by atoms with E-state index in [4.69, 9.17) is 4.98 Å². The number of aromatic amines is 1. The van der Waals surface area contributed by atoms with E-state index in [1.165, 1.54) is 23.9 Å². The summed E-state index contributed by atoms with van der Waals surface area (Å²) in [5.74, 6) is 1.80. The fourth-order valence-electron chi connectivity index (χ4n) is 4.03. The van der Waals surface area contributed by atoms with E-state index in [9.17, 15) is 4.79 Å². The SMILES string of the molecule is C=CCn1c(CN2CCC(Cc3ccc(=O)[nH]c3)CC2)nc2ccccc21. The molecule has 0 bridgehead atoms. The summed E-state index contributed by atoms with van der Waals surface area (Å²) in [6.45, 7) is 7.75. The second-order valence-corrected chi connectivity index (χ2v) is 7.40. The quantitative estimate of drug-likeness (QED) is 0.684. The van der Waals surface area contributed by atoms with Gasteiger partial charge in [0, 0.05) is 18.8 Å². The molecule has 0 saturated carbocycles. The van der Waals surface area contributed by atoms with Crippen LogP contribution >= 0.6 is 0 Å². The summed E-state index contributed by atoms with van der Waals surface area (Å²) in [6.07, 6.45) is 7.20. The molecule has 4 rings (SSSR count). The van der Waals surface area contributed by atoms with E-state index < -0.39 is 0 Å². The molecule has 3 heterocycles. The van der Waals surface area contributed by atoms with Gasteiger partial charge in [0.1, 0.15) is 5.82 Å². The van der Waals surface area contributed by atoms with Crippen LogP contribution in [-0.4, -0.2) is 32.5 Å². The van der Waals surface area contributed by atoms with Crippen molar-refractivity contribution in [2.45, 2.75) is 32.4 Å². The van der Waals surface area contributed by atoms with Gasteiger partial charge in [0.05, 0.1) is 17.6 Å². The van der Waals surface area contributed by atoms with Crippen molar-refractivity contribution in [1.29, 1.82) is 0 Å². The van der Waals surface area contributed by atoms with Crippen molar-refractivity contribution in [2.75, 3.05) is 13.1 Å². The van der Waals surface area contributed by atoms with Crippen molar-refractivity contribution >= 4 is 11.0 Å². The summed E-state index contributed by atoms with van der Waals surface area (Å²) < 4.78 is 2.27. The van der Waals surface area contributed by atoms with E-state index in [1.807, 2.05) is 24.4 Å². The Bertz CT molecular complexity index is 959. The predicted octanol–water partition coefficient (Wildman–Crippen LogP) is 3.37. The number of hydrogen-bond acceptors (Lipinski definition) is 3. The maximum Gasteiger partial charge on any atom is 0.247 e. The molecule has 1 aliphatic rings. The third-order valence-electron chi connectivity index (χ3n) is 5.49. The number of fused-ring (bicyclic) bond motifs is 1. The number of allylic oxidation sites excluding steroid dienone is 1. The number of nitrogens with one attached hydrogen (secondary N) is 1. The number of likely N-dealkylation sites (tertiary alicyclic amines) is 1. The molecule has 5 nitrogen and oxygen atoms in total. The largest absolute Gasteiger partial charge is 0.329 e. The number of pyridine rings is 1. The zero-order chi connectivity index (χ0) is 18.6. The van der Waals surface area contributed by atoms with Gasteiger partial charge in [-0.2, -0.15) is 0 Å². The summed E-state index contributed by atoms with van der Waals surface area (Å²) >= 11 is 0. The average Bonchev–Trinajstić information content (AvgIpc) is 3.03. The van der Waals surface area contributed by atoms with E-state index in [2.05, 4.69) is 39.2 Å². The molecule has 0 unspecified atom stereocenters. The van der Waals surface area contributed by atoms with E-state index in [0.29, 0.717) is 5.92 Å². The zero-order valence-electron chi connectivity index (χ0n) is 15.6. The van der Waals surface area contributed by atoms with Gasteiger partial charge in [-0.3, -0.25) is 9.69 Å². The van der Waals surface area contributed by atoms with E-state index >= 15 is 0 Å². The van der Waals surface area contributed by atoms with Crippen molar-refractivity contribution in [3.05, 3.63) is 77.0 Å². The summed E-state index contributed by atoms with van der Waals surface area (Å²) in [6, 6.07) is 11.9. The number of rotatable bonds is 6. The minimum atomic E-state index is -0.0315. The Morgan fingerprint density at radius 2 is 2.00 bits per heavy atom. The second kappa shape index (κ2) is 7.92. The molecule has 2 aromatic heterocycles. The molecule has 5 heteroatoms. The van der Waals surface area contributed by atoms with Crippen molar-refractivity contribution in [3.8, 4) is 0 Å². The van der Waals surface area contributed by atoms with Crippen LogP contribution in [0.25, 0.3) is 11.0 Å². The van der Waals surface area contributed by atoms with Gasteiger partial charge >= 0.3 is 0 Å². The lowest BCUT2D eigenvalue weighted by Gasteiger charge is -2.31. The van der Waals surface area contributed by atoms with Gasteiger partial charge in [0.15, 0.2) is 0 Å². The van der Waals surface area contributed by atoms with Gasteiger partial charge in [-0.05, 0) is 56.0 Å². The van der Waals surface area contributed by atoms with Gasteiger partial charge in [-0.25, -0.2) is 4.98 Å². The zero-order valence-corrected chi connectivity index (χ0v) is 15.6. The maximum atomic E-state index is 11.2. The van der Waals surface area contributed by atoms with Crippen LogP contribution in [0.4, 0.5) is 0 Å². The van der Waals surface area contributed by atoms with Gasteiger partial charge in [-0.1, -0.05) is 24.3 Å². The summed E-state index contributed by atoms with van der Waals surface area (Å²) in [4.78, 5) is 21.3. The van der Waals surface area contributed by atoms with E-state index in [-0.39, 0.29) is 5.56 Å². The van der Waals surface area contributed by atoms with Crippen molar-refractivity contribution in [2.24, 2.45) is 5.92 Å². The lowest BCUT2D eigenvalue weighted by atomic mass is 9.91. The molecule has 27 heavy (non-hydrogen) atoms. The highest BCUT2D eigenvalue weighted by molar-refractivity contribution is 5.75. The standard InChI is InChI=1S/C22H26N4O/c1-2-11-26-20-6-4-3-5-19(20)24-21(26)16-25-12-9-17(10-13-25)14-18-7-8-22(27)23-15-18/h2-8,15,17H,1,9-14,16H2,(H,23,27). The van der Waals surface area contributed by atoms with Crippen molar-refractivity contribution in [1.82, 2.24) is 19.4 Å². The normalized spacial score (nSPS) is 16.0. The molecule has 0 atom stereocenters. The van der Waals surface area contributed by atoms with Crippen LogP contribution in [0.2, 0.25) is 0 Å². The number of nitrogens with zero attached hydrogens (tertiary/aromatic N) is 3. The molecule has 1 aliphatic heterocycles. The summed E-state index contributed by atoms with van der Waals surface area (Å²) in [5, 5.41) is 0. The predicted molar refractivity (Wildman–Crippen MR) is 109 cm³/mol. The monoisotopic (exact) mass is 362 g/mol. The molecule has 140 valence electrons. The topological polar surface area (TPSA) is 53.9 Å². The summed E-state index contributed by atoms with van der Waals surface area (Å²) in [5.41, 5.74) is 3.43. The lowest BCUT2D eigenvalue weighted by molar-refractivity contribution is 0.172. The Kier molecular flexibility index (Phi) is 5.21. The van der Waals surface area contributed by atoms with Crippen LogP contribution in [0.5, 0.6) is 0 Å². The Labute approximate surface area is 159 Å². The molecule has 1 N–H and O–H groups in total. The molecule has 1 fully saturated rings. The average molecular weight is 362 g/mol. The first-order valence-corrected chi connectivity index (χ1v) is 9.68. The third kappa shape index (κ3) is 4.03. The van der Waals surface area contributed by atoms with Gasteiger partial charge < -0.3 is 9.55 Å². The Morgan fingerprint density at radius 3 is 2.74 bits per heavy atom. The number of imidazole rings is 1. The molecule has 1 aromatic carbocycles. The fraction of sp³-hybridized carbons (Fsp3) is 0.364. The van der Waals surface area contributed by atoms with Crippen molar-refractivity contribution in [3.63, 3.8) is 0 Å². The number of aromatic nitrogens is 3. The Balaban J connectivity index is 1.40. The first-order chi connectivity index (χ1) is 13.2. The first-order valence-electron chi connectivity index (χ1n) is 9.68. The Morgan fingerprint density at radius 1 is 1.19 bits per heavy atom. The van der Waals surface area contributed by atoms with E-state index in [0.717, 1.165) is 43.9 Å². The highest BCUT2D eigenvalue weighted by Crippen LogP contribution is 2.23. The first kappa shape index (κ1) is 17.7. The van der Waals surface area contributed by atoms with Crippen LogP contribution in [0.1, 0.15) is 24.2 Å². The van der Waals surface area contributed by atoms with Crippen molar-refractivity contribution < 1.29 is 0 Å². The minimum absolute atomic E-state index is 0.0315. The van der Waals surface area contributed by atoms with Crippen LogP contribution in [0, 0.1) is 5.92 Å².